The van der Waals surface area contributed by atoms with E-state index in [1.807, 2.05) is 51.1 Å². The van der Waals surface area contributed by atoms with Gasteiger partial charge in [0.25, 0.3) is 0 Å². The molecule has 1 fully saturated rings. The van der Waals surface area contributed by atoms with Crippen LogP contribution in [0.1, 0.15) is 75.8 Å². The fraction of sp³-hybridized carbons (Fsp3) is 0.529. The Morgan fingerprint density at radius 3 is 2.33 bits per heavy atom. The Labute approximate surface area is 274 Å². The lowest BCUT2D eigenvalue weighted by atomic mass is 9.79. The van der Waals surface area contributed by atoms with Gasteiger partial charge in [-0.3, -0.25) is 0 Å². The third-order valence-electron chi connectivity index (χ3n) is 8.33. The number of carbonyl (C=O) groups excluding carboxylic acids is 1. The first-order valence-corrected chi connectivity index (χ1v) is 16.0. The van der Waals surface area contributed by atoms with Crippen LogP contribution in [0.4, 0.5) is 5.69 Å². The summed E-state index contributed by atoms with van der Waals surface area (Å²) in [4.78, 5) is 30.8. The minimum absolute atomic E-state index is 0.00993. The summed E-state index contributed by atoms with van der Waals surface area (Å²) in [5.74, 6) is 0.916. The van der Waals surface area contributed by atoms with Crippen molar-refractivity contribution in [3.05, 3.63) is 64.3 Å². The smallest absolute Gasteiger partial charge is 0.338 e. The molecule has 2 heterocycles. The summed E-state index contributed by atoms with van der Waals surface area (Å²) in [5.41, 5.74) is 29.4. The Morgan fingerprint density at radius 2 is 1.65 bits per heavy atom. The average Bonchev–Trinajstić information content (AvgIpc) is 3.44. The molecule has 3 atom stereocenters. The number of hydrogen-bond acceptors (Lipinski definition) is 6. The molecule has 2 aliphatic rings. The molecule has 9 N–H and O–H groups in total. The number of nitrogens with two attached hydrogens (primary N) is 4. The van der Waals surface area contributed by atoms with Gasteiger partial charge in [0.2, 0.25) is 0 Å². The van der Waals surface area contributed by atoms with Gasteiger partial charge in [-0.15, -0.1) is 0 Å². The van der Waals surface area contributed by atoms with E-state index in [9.17, 15) is 4.79 Å². The molecule has 0 bridgehead atoms. The van der Waals surface area contributed by atoms with Crippen molar-refractivity contribution in [1.29, 1.82) is 0 Å². The topological polar surface area (TPSA) is 186 Å². The minimum atomic E-state index is -0.386. The number of esters is 1. The number of nitrogens with one attached hydrogen (secondary N) is 1. The molecule has 0 radical (unpaired) electrons. The maximum Gasteiger partial charge on any atom is 0.338 e. The van der Waals surface area contributed by atoms with Gasteiger partial charge in [-0.2, -0.15) is 0 Å². The second-order valence-electron chi connectivity index (χ2n) is 12.5. The molecule has 3 unspecified atom stereocenters. The Kier molecular flexibility index (Phi) is 13.5. The molecule has 2 aliphatic heterocycles. The van der Waals surface area contributed by atoms with Gasteiger partial charge in [-0.1, -0.05) is 29.4 Å². The number of rotatable bonds is 13. The third kappa shape index (κ3) is 10.3. The molecule has 0 amide bonds. The summed E-state index contributed by atoms with van der Waals surface area (Å²) >= 11 is 0. The standard InChI is InChI=1S/C34H54N10O2/c1-22(2)11-16-41-33(37)40-15-7-8-28-26-14-19-44(34(38)42-17-12-23(3)4)30(26)27-20-25(9-10-29(27)43(28)6)31(45)46-21-24(5)13-18-39-32(35)36/h9-13,20,26,28,30H,7-8,14-19,21H2,1-6H3,(H2,38,42)(H4,35,36,39)(H3,37,40,41)/b24-13+. The van der Waals surface area contributed by atoms with Crippen molar-refractivity contribution in [3.63, 3.8) is 0 Å². The molecule has 0 aromatic heterocycles. The first kappa shape index (κ1) is 36.0. The summed E-state index contributed by atoms with van der Waals surface area (Å²) < 4.78 is 5.64. The predicted octanol–water partition coefficient (Wildman–Crippen LogP) is 3.18. The van der Waals surface area contributed by atoms with E-state index < -0.39 is 0 Å². The number of benzene rings is 1. The molecular weight excluding hydrogens is 580 g/mol. The van der Waals surface area contributed by atoms with Crippen molar-refractivity contribution in [2.45, 2.75) is 66.0 Å². The number of nitrogens with zero attached hydrogens (tertiary/aromatic N) is 5. The maximum absolute atomic E-state index is 13.2. The molecule has 12 nitrogen and oxygen atoms in total. The van der Waals surface area contributed by atoms with E-state index in [-0.39, 0.29) is 30.6 Å². The second-order valence-corrected chi connectivity index (χ2v) is 12.5. The Bertz CT molecular complexity index is 1380. The summed E-state index contributed by atoms with van der Waals surface area (Å²) in [6.07, 6.45) is 8.79. The lowest BCUT2D eigenvalue weighted by Crippen LogP contribution is -2.48. The third-order valence-corrected chi connectivity index (χ3v) is 8.33. The quantitative estimate of drug-likeness (QED) is 0.0714. The number of anilines is 1. The Hall–Kier alpha value is -4.48. The molecule has 46 heavy (non-hydrogen) atoms. The van der Waals surface area contributed by atoms with E-state index in [0.717, 1.165) is 49.2 Å². The second kappa shape index (κ2) is 17.3. The fourth-order valence-electron chi connectivity index (χ4n) is 5.94. The Balaban J connectivity index is 1.82. The van der Waals surface area contributed by atoms with E-state index in [2.05, 4.69) is 52.1 Å². The highest BCUT2D eigenvalue weighted by atomic mass is 16.5. The van der Waals surface area contributed by atoms with Gasteiger partial charge in [-0.05, 0) is 83.2 Å². The summed E-state index contributed by atoms with van der Waals surface area (Å²) in [6.45, 7) is 13.2. The van der Waals surface area contributed by atoms with Crippen molar-refractivity contribution in [2.24, 2.45) is 43.8 Å². The van der Waals surface area contributed by atoms with Crippen molar-refractivity contribution < 1.29 is 9.53 Å². The normalized spacial score (nSPS) is 19.6. The van der Waals surface area contributed by atoms with Crippen molar-refractivity contribution in [1.82, 2.24) is 10.2 Å². The van der Waals surface area contributed by atoms with Crippen LogP contribution in [0.5, 0.6) is 0 Å². The highest BCUT2D eigenvalue weighted by Crippen LogP contribution is 2.49. The van der Waals surface area contributed by atoms with Gasteiger partial charge in [0.15, 0.2) is 17.9 Å². The van der Waals surface area contributed by atoms with Crippen LogP contribution in [0.25, 0.3) is 0 Å². The largest absolute Gasteiger partial charge is 0.458 e. The van der Waals surface area contributed by atoms with Crippen LogP contribution in [-0.4, -0.2) is 81.2 Å². The van der Waals surface area contributed by atoms with E-state index in [1.165, 1.54) is 11.1 Å². The number of ether oxygens (including phenoxy) is 1. The van der Waals surface area contributed by atoms with E-state index in [1.54, 1.807) is 0 Å². The van der Waals surface area contributed by atoms with Gasteiger partial charge in [0.05, 0.1) is 31.2 Å². The predicted molar refractivity (Wildman–Crippen MR) is 190 cm³/mol. The van der Waals surface area contributed by atoms with Crippen molar-refractivity contribution in [2.75, 3.05) is 51.3 Å². The van der Waals surface area contributed by atoms with E-state index in [4.69, 9.17) is 32.7 Å². The van der Waals surface area contributed by atoms with Crippen LogP contribution in [0, 0.1) is 5.92 Å². The molecule has 3 rings (SSSR count). The van der Waals surface area contributed by atoms with Crippen LogP contribution in [-0.2, 0) is 4.74 Å². The molecule has 1 aromatic carbocycles. The lowest BCUT2D eigenvalue weighted by molar-refractivity contribution is 0.0539. The van der Waals surface area contributed by atoms with Crippen LogP contribution in [0.3, 0.4) is 0 Å². The number of aliphatic imine (C=N–C) groups is 3. The van der Waals surface area contributed by atoms with Crippen LogP contribution in [0.15, 0.2) is 68.1 Å². The summed E-state index contributed by atoms with van der Waals surface area (Å²) in [6, 6.07) is 6.09. The minimum Gasteiger partial charge on any atom is -0.458 e. The molecule has 252 valence electrons. The lowest BCUT2D eigenvalue weighted by Gasteiger charge is -2.45. The highest BCUT2D eigenvalue weighted by molar-refractivity contribution is 5.91. The van der Waals surface area contributed by atoms with E-state index >= 15 is 0 Å². The molecule has 1 aromatic rings. The maximum atomic E-state index is 13.2. The summed E-state index contributed by atoms with van der Waals surface area (Å²) in [7, 11) is 2.14. The van der Waals surface area contributed by atoms with Crippen molar-refractivity contribution in [3.8, 4) is 0 Å². The van der Waals surface area contributed by atoms with Gasteiger partial charge in [0.1, 0.15) is 6.61 Å². The first-order chi connectivity index (χ1) is 21.9. The van der Waals surface area contributed by atoms with Gasteiger partial charge < -0.3 is 42.8 Å². The van der Waals surface area contributed by atoms with Gasteiger partial charge >= 0.3 is 5.97 Å². The van der Waals surface area contributed by atoms with Gasteiger partial charge in [0, 0.05) is 37.8 Å². The zero-order chi connectivity index (χ0) is 33.8. The molecule has 1 saturated heterocycles. The van der Waals surface area contributed by atoms with Crippen LogP contribution < -0.4 is 33.2 Å². The van der Waals surface area contributed by atoms with E-state index in [0.29, 0.717) is 43.0 Å². The van der Waals surface area contributed by atoms with Crippen LogP contribution >= 0.6 is 0 Å². The Morgan fingerprint density at radius 1 is 0.978 bits per heavy atom. The number of fused-ring (bicyclic) bond motifs is 3. The number of hydrogen-bond donors (Lipinski definition) is 5. The number of likely N-dealkylation sites (tertiary alicyclic amines) is 1. The zero-order valence-corrected chi connectivity index (χ0v) is 28.4. The van der Waals surface area contributed by atoms with Crippen molar-refractivity contribution >= 4 is 29.5 Å². The SMILES string of the molecule is CC(C)=CCN=C(N)NCCCC1C2CCN(C(N)=NCC=C(C)C)C2c2cc(C(=O)OC/C(C)=C/CN=C(N)N)ccc2N1C. The molecule has 12 heteroatoms. The van der Waals surface area contributed by atoms with Gasteiger partial charge in [-0.25, -0.2) is 19.8 Å². The monoisotopic (exact) mass is 634 g/mol. The first-order valence-electron chi connectivity index (χ1n) is 16.0. The molecular formula is C34H54N10O2. The zero-order valence-electron chi connectivity index (χ0n) is 28.4. The van der Waals surface area contributed by atoms with Crippen LogP contribution in [0.2, 0.25) is 0 Å². The number of guanidine groups is 3. The molecule has 0 spiro atoms. The number of allylic oxidation sites excluding steroid dienone is 2. The highest BCUT2D eigenvalue weighted by Gasteiger charge is 2.46. The average molecular weight is 635 g/mol. The summed E-state index contributed by atoms with van der Waals surface area (Å²) in [5, 5.41) is 3.26. The number of carbonyl (C=O) groups is 1. The fourth-order valence-corrected chi connectivity index (χ4v) is 5.94. The molecule has 0 saturated carbocycles. The molecule has 0 aliphatic carbocycles.